The number of amides is 2. The van der Waals surface area contributed by atoms with E-state index in [1.165, 1.54) is 16.7 Å². The minimum Gasteiger partial charge on any atom is -0.480 e. The van der Waals surface area contributed by atoms with E-state index in [0.717, 1.165) is 0 Å². The topological polar surface area (TPSA) is 113 Å². The molecule has 0 bridgehead atoms. The summed E-state index contributed by atoms with van der Waals surface area (Å²) in [7, 11) is 0. The molecule has 31 heavy (non-hydrogen) atoms. The fourth-order valence-corrected chi connectivity index (χ4v) is 6.09. The number of fused-ring (bicyclic) bond motifs is 1. The summed E-state index contributed by atoms with van der Waals surface area (Å²) in [5.74, 6) is -1.84. The van der Waals surface area contributed by atoms with Crippen molar-refractivity contribution >= 4 is 52.7 Å². The SMILES string of the molecule is Cc1onc(-c2c(Cl)cccc2Cl)c1C(=O)NC1C(=O)N2C1SC(C)(C)C2C(=O)O.[Na+]. The molecular formula is C19H17Cl2N3NaO5S+. The van der Waals surface area contributed by atoms with Gasteiger partial charge in [0.1, 0.15) is 34.5 Å². The van der Waals surface area contributed by atoms with Gasteiger partial charge in [-0.1, -0.05) is 34.4 Å². The van der Waals surface area contributed by atoms with Crippen LogP contribution in [0.5, 0.6) is 0 Å². The number of halogens is 2. The van der Waals surface area contributed by atoms with Crippen molar-refractivity contribution in [3.05, 3.63) is 39.6 Å². The van der Waals surface area contributed by atoms with Crippen LogP contribution in [0.25, 0.3) is 11.3 Å². The Morgan fingerprint density at radius 2 is 1.90 bits per heavy atom. The Morgan fingerprint density at radius 3 is 2.48 bits per heavy atom. The summed E-state index contributed by atoms with van der Waals surface area (Å²) in [4.78, 5) is 38.7. The second-order valence-corrected chi connectivity index (χ2v) is 10.2. The fraction of sp³-hybridized carbons (Fsp3) is 0.368. The summed E-state index contributed by atoms with van der Waals surface area (Å²) in [6.07, 6.45) is 0. The van der Waals surface area contributed by atoms with Crippen molar-refractivity contribution in [1.29, 1.82) is 0 Å². The Morgan fingerprint density at radius 1 is 1.29 bits per heavy atom. The first kappa shape index (κ1) is 24.4. The van der Waals surface area contributed by atoms with E-state index in [0.29, 0.717) is 15.6 Å². The van der Waals surface area contributed by atoms with Gasteiger partial charge in [-0.2, -0.15) is 0 Å². The van der Waals surface area contributed by atoms with Crippen molar-refractivity contribution in [2.75, 3.05) is 0 Å². The van der Waals surface area contributed by atoms with Crippen molar-refractivity contribution in [2.45, 2.75) is 43.0 Å². The number of hydrogen-bond acceptors (Lipinski definition) is 6. The predicted octanol–water partition coefficient (Wildman–Crippen LogP) is 0.206. The normalized spacial score (nSPS) is 23.6. The molecule has 2 saturated heterocycles. The molecule has 12 heteroatoms. The third-order valence-corrected chi connectivity index (χ3v) is 7.45. The second-order valence-electron chi connectivity index (χ2n) is 7.61. The number of β-lactam (4-membered cyclic amide) rings is 1. The van der Waals surface area contributed by atoms with Crippen LogP contribution in [0.2, 0.25) is 10.0 Å². The molecule has 8 nitrogen and oxygen atoms in total. The standard InChI is InChI=1S/C19H17Cl2N3O5S.Na/c1-7-10(12(23-29-7)11-8(20)5-4-6-9(11)21)15(25)22-13-16(26)24-14(18(27)28)19(2,3)30-17(13)24;/h4-6,13-14,17H,1-3H3,(H,22,25)(H,27,28);/q;+1. The number of thioether (sulfide) groups is 1. The van der Waals surface area contributed by atoms with Gasteiger partial charge in [0.15, 0.2) is 0 Å². The Hall–Kier alpha value is -1.23. The van der Waals surface area contributed by atoms with Crippen molar-refractivity contribution in [3.8, 4) is 11.3 Å². The molecule has 4 rings (SSSR count). The number of carbonyl (C=O) groups excluding carboxylic acids is 2. The molecule has 0 spiro atoms. The summed E-state index contributed by atoms with van der Waals surface area (Å²) in [6, 6.07) is 3.09. The number of benzene rings is 1. The maximum atomic E-state index is 13.1. The van der Waals surface area contributed by atoms with Crippen molar-refractivity contribution in [2.24, 2.45) is 0 Å². The van der Waals surface area contributed by atoms with E-state index in [4.69, 9.17) is 27.7 Å². The van der Waals surface area contributed by atoms with Gasteiger partial charge in [0.05, 0.1) is 10.0 Å². The van der Waals surface area contributed by atoms with E-state index in [1.54, 1.807) is 39.0 Å². The maximum absolute atomic E-state index is 13.1. The molecule has 2 fully saturated rings. The first-order chi connectivity index (χ1) is 14.0. The number of carbonyl (C=O) groups is 3. The van der Waals surface area contributed by atoms with Crippen LogP contribution in [0.1, 0.15) is 30.0 Å². The van der Waals surface area contributed by atoms with Gasteiger partial charge < -0.3 is 19.8 Å². The molecular weight excluding hydrogens is 476 g/mol. The average Bonchev–Trinajstić information content (AvgIpc) is 3.14. The van der Waals surface area contributed by atoms with Gasteiger partial charge in [0.25, 0.3) is 5.91 Å². The van der Waals surface area contributed by atoms with Crippen LogP contribution in [0.3, 0.4) is 0 Å². The zero-order valence-electron chi connectivity index (χ0n) is 17.1. The van der Waals surface area contributed by atoms with E-state index < -0.39 is 40.0 Å². The molecule has 1 aromatic heterocycles. The van der Waals surface area contributed by atoms with Gasteiger partial charge in [0, 0.05) is 10.3 Å². The monoisotopic (exact) mass is 492 g/mol. The molecule has 2 N–H and O–H groups in total. The van der Waals surface area contributed by atoms with Crippen LogP contribution in [0, 0.1) is 6.92 Å². The number of nitrogens with one attached hydrogen (secondary N) is 1. The first-order valence-electron chi connectivity index (χ1n) is 8.99. The number of hydrogen-bond donors (Lipinski definition) is 2. The number of rotatable bonds is 4. The zero-order chi connectivity index (χ0) is 22.0. The molecule has 3 atom stereocenters. The van der Waals surface area contributed by atoms with E-state index in [-0.39, 0.29) is 46.6 Å². The van der Waals surface area contributed by atoms with Gasteiger partial charge in [-0.25, -0.2) is 4.79 Å². The molecule has 0 saturated carbocycles. The number of aryl methyl sites for hydroxylation is 1. The Balaban J connectivity index is 0.00000272. The van der Waals surface area contributed by atoms with Crippen LogP contribution < -0.4 is 34.9 Å². The van der Waals surface area contributed by atoms with E-state index in [2.05, 4.69) is 10.5 Å². The number of aromatic nitrogens is 1. The first-order valence-corrected chi connectivity index (χ1v) is 10.6. The smallest absolute Gasteiger partial charge is 0.480 e. The van der Waals surface area contributed by atoms with E-state index in [1.807, 2.05) is 0 Å². The number of aliphatic carboxylic acids is 1. The molecule has 2 aromatic rings. The largest absolute Gasteiger partial charge is 1.00 e. The predicted molar refractivity (Wildman–Crippen MR) is 112 cm³/mol. The molecule has 3 unspecified atom stereocenters. The fourth-order valence-electron chi connectivity index (χ4n) is 3.89. The van der Waals surface area contributed by atoms with Crippen LogP contribution >= 0.6 is 35.0 Å². The van der Waals surface area contributed by atoms with E-state index in [9.17, 15) is 19.5 Å². The zero-order valence-corrected chi connectivity index (χ0v) is 21.4. The summed E-state index contributed by atoms with van der Waals surface area (Å²) >= 11 is 13.8. The van der Waals surface area contributed by atoms with Gasteiger partial charge in [-0.3, -0.25) is 9.59 Å². The number of carboxylic acids is 1. The van der Waals surface area contributed by atoms with Crippen LogP contribution in [-0.4, -0.2) is 55.2 Å². The molecule has 2 amide bonds. The van der Waals surface area contributed by atoms with Crippen LogP contribution in [-0.2, 0) is 9.59 Å². The van der Waals surface area contributed by atoms with Crippen molar-refractivity contribution in [3.63, 3.8) is 0 Å². The molecule has 2 aliphatic rings. The van der Waals surface area contributed by atoms with Gasteiger partial charge in [0.2, 0.25) is 5.91 Å². The second kappa shape index (κ2) is 8.61. The van der Waals surface area contributed by atoms with Gasteiger partial charge in [-0.15, -0.1) is 11.8 Å². The molecule has 0 aliphatic carbocycles. The van der Waals surface area contributed by atoms with Gasteiger partial charge >= 0.3 is 35.5 Å². The molecule has 3 heterocycles. The molecule has 1 aromatic carbocycles. The Kier molecular flexibility index (Phi) is 6.78. The third kappa shape index (κ3) is 3.89. The van der Waals surface area contributed by atoms with Crippen LogP contribution in [0.4, 0.5) is 0 Å². The summed E-state index contributed by atoms with van der Waals surface area (Å²) in [6.45, 7) is 5.10. The van der Waals surface area contributed by atoms with Crippen molar-refractivity contribution < 1.29 is 53.6 Å². The molecule has 2 aliphatic heterocycles. The summed E-state index contributed by atoms with van der Waals surface area (Å²) < 4.78 is 4.52. The summed E-state index contributed by atoms with van der Waals surface area (Å²) in [5, 5.41) is 16.3. The molecule has 0 radical (unpaired) electrons. The quantitative estimate of drug-likeness (QED) is 0.463. The number of nitrogens with zero attached hydrogens (tertiary/aromatic N) is 2. The van der Waals surface area contributed by atoms with Gasteiger partial charge in [-0.05, 0) is 32.9 Å². The van der Waals surface area contributed by atoms with Crippen LogP contribution in [0.15, 0.2) is 22.7 Å². The minimum atomic E-state index is -1.07. The van der Waals surface area contributed by atoms with E-state index >= 15 is 0 Å². The minimum absolute atomic E-state index is 0. The Bertz CT molecular complexity index is 1070. The van der Waals surface area contributed by atoms with Crippen molar-refractivity contribution in [1.82, 2.24) is 15.4 Å². The Labute approximate surface area is 214 Å². The molecule has 158 valence electrons. The maximum Gasteiger partial charge on any atom is 1.00 e. The average molecular weight is 493 g/mol. The number of carboxylic acid groups (broad SMARTS) is 1. The third-order valence-electron chi connectivity index (χ3n) is 5.25. The summed E-state index contributed by atoms with van der Waals surface area (Å²) in [5.41, 5.74) is 0.645.